The van der Waals surface area contributed by atoms with E-state index in [1.54, 1.807) is 7.05 Å². The molecule has 0 aromatic carbocycles. The van der Waals surface area contributed by atoms with Crippen molar-refractivity contribution in [2.75, 3.05) is 13.7 Å². The highest BCUT2D eigenvalue weighted by Crippen LogP contribution is 2.32. The Morgan fingerprint density at radius 3 is 2.03 bits per heavy atom. The number of hydrogen-bond donors (Lipinski definition) is 10. The van der Waals surface area contributed by atoms with Gasteiger partial charge in [0.15, 0.2) is 12.6 Å². The van der Waals surface area contributed by atoms with Gasteiger partial charge in [0.25, 0.3) is 0 Å². The summed E-state index contributed by atoms with van der Waals surface area (Å²) in [7, 11) is 1.58. The highest BCUT2D eigenvalue weighted by molar-refractivity contribution is 5.02. The maximum Gasteiger partial charge on any atom is 0.185 e. The zero-order valence-corrected chi connectivity index (χ0v) is 19.5. The molecule has 13 N–H and O–H groups in total. The quantitative estimate of drug-likeness (QED) is 0.165. The molecule has 0 spiro atoms. The van der Waals surface area contributed by atoms with E-state index in [1.807, 2.05) is 0 Å². The second kappa shape index (κ2) is 10.8. The number of rotatable bonds is 6. The Bertz CT molecular complexity index is 675. The average molecular weight is 497 g/mol. The molecule has 1 aliphatic carbocycles. The first kappa shape index (κ1) is 28.0. The molecule has 3 fully saturated rings. The van der Waals surface area contributed by atoms with E-state index in [2.05, 4.69) is 5.32 Å². The Morgan fingerprint density at radius 2 is 1.50 bits per heavy atom. The van der Waals surface area contributed by atoms with Gasteiger partial charge >= 0.3 is 0 Å². The van der Waals surface area contributed by atoms with Crippen molar-refractivity contribution in [3.8, 4) is 0 Å². The summed E-state index contributed by atoms with van der Waals surface area (Å²) in [6.07, 6.45) is -12.4. The SMILES string of the molecule is CNC1C(O)C(OC2C(N)CC(N)C(OC3OC(C(C)O)C(O)C(O)C3N)C2O)OC[C@]1(C)O. The van der Waals surface area contributed by atoms with E-state index in [4.69, 9.17) is 36.1 Å². The zero-order chi connectivity index (χ0) is 25.5. The number of aliphatic hydroxyl groups is 6. The van der Waals surface area contributed by atoms with Crippen molar-refractivity contribution in [3.05, 3.63) is 0 Å². The number of ether oxygens (including phenoxy) is 4. The van der Waals surface area contributed by atoms with Crippen LogP contribution in [-0.4, -0.2) is 135 Å². The highest BCUT2D eigenvalue weighted by Gasteiger charge is 2.52. The topological polar surface area (TPSA) is 248 Å². The molecule has 0 aromatic heterocycles. The number of aliphatic hydroxyl groups excluding tert-OH is 5. The smallest absolute Gasteiger partial charge is 0.185 e. The molecule has 200 valence electrons. The van der Waals surface area contributed by atoms with Crippen molar-refractivity contribution in [3.63, 3.8) is 0 Å². The van der Waals surface area contributed by atoms with E-state index in [1.165, 1.54) is 13.8 Å². The minimum Gasteiger partial charge on any atom is -0.391 e. The summed E-state index contributed by atoms with van der Waals surface area (Å²) in [6.45, 7) is 2.75. The van der Waals surface area contributed by atoms with Crippen LogP contribution in [0.5, 0.6) is 0 Å². The fourth-order valence-electron chi connectivity index (χ4n) is 4.95. The molecular weight excluding hydrogens is 456 g/mol. The molecule has 14 nitrogen and oxygen atoms in total. The van der Waals surface area contributed by atoms with E-state index < -0.39 is 91.2 Å². The van der Waals surface area contributed by atoms with E-state index >= 15 is 0 Å². The fourth-order valence-corrected chi connectivity index (χ4v) is 4.95. The first-order valence-corrected chi connectivity index (χ1v) is 11.4. The maximum absolute atomic E-state index is 11.1. The summed E-state index contributed by atoms with van der Waals surface area (Å²) in [5.41, 5.74) is 17.0. The highest BCUT2D eigenvalue weighted by atomic mass is 16.7. The van der Waals surface area contributed by atoms with Crippen LogP contribution in [0.2, 0.25) is 0 Å². The van der Waals surface area contributed by atoms with Crippen LogP contribution in [0.3, 0.4) is 0 Å². The van der Waals surface area contributed by atoms with E-state index in [0.29, 0.717) is 0 Å². The van der Waals surface area contributed by atoms with E-state index in [9.17, 15) is 30.6 Å². The number of likely N-dealkylation sites (N-methyl/N-ethyl adjacent to an activating group) is 1. The molecule has 2 saturated heterocycles. The predicted molar refractivity (Wildman–Crippen MR) is 116 cm³/mol. The van der Waals surface area contributed by atoms with Crippen LogP contribution >= 0.6 is 0 Å². The van der Waals surface area contributed by atoms with Gasteiger partial charge in [0, 0.05) is 12.1 Å². The Kier molecular flexibility index (Phi) is 8.92. The van der Waals surface area contributed by atoms with Crippen molar-refractivity contribution < 1.29 is 49.6 Å². The van der Waals surface area contributed by atoms with Crippen molar-refractivity contribution >= 4 is 0 Å². The average Bonchev–Trinajstić information content (AvgIpc) is 2.75. The monoisotopic (exact) mass is 496 g/mol. The van der Waals surface area contributed by atoms with Crippen LogP contribution in [0, 0.1) is 0 Å². The molecule has 0 aromatic rings. The Hall–Kier alpha value is -0.560. The zero-order valence-electron chi connectivity index (χ0n) is 19.5. The van der Waals surface area contributed by atoms with Crippen molar-refractivity contribution in [1.29, 1.82) is 0 Å². The fraction of sp³-hybridized carbons (Fsp3) is 1.00. The summed E-state index contributed by atoms with van der Waals surface area (Å²) in [4.78, 5) is 0. The third-order valence-electron chi connectivity index (χ3n) is 6.95. The molecule has 0 amide bonds. The van der Waals surface area contributed by atoms with Crippen LogP contribution < -0.4 is 22.5 Å². The maximum atomic E-state index is 11.1. The van der Waals surface area contributed by atoms with Gasteiger partial charge in [0.1, 0.15) is 48.3 Å². The lowest BCUT2D eigenvalue weighted by molar-refractivity contribution is -0.319. The Labute approximate surface area is 197 Å². The first-order chi connectivity index (χ1) is 15.8. The van der Waals surface area contributed by atoms with Gasteiger partial charge in [-0.2, -0.15) is 0 Å². The molecule has 3 aliphatic rings. The van der Waals surface area contributed by atoms with Gasteiger partial charge in [-0.15, -0.1) is 0 Å². The molecule has 1 saturated carbocycles. The van der Waals surface area contributed by atoms with Crippen LogP contribution in [-0.2, 0) is 18.9 Å². The van der Waals surface area contributed by atoms with Gasteiger partial charge in [-0.3, -0.25) is 0 Å². The van der Waals surface area contributed by atoms with Crippen LogP contribution in [0.15, 0.2) is 0 Å². The summed E-state index contributed by atoms with van der Waals surface area (Å²) < 4.78 is 22.8. The van der Waals surface area contributed by atoms with Gasteiger partial charge < -0.3 is 72.1 Å². The first-order valence-electron chi connectivity index (χ1n) is 11.4. The molecule has 14 unspecified atom stereocenters. The largest absolute Gasteiger partial charge is 0.391 e. The lowest BCUT2D eigenvalue weighted by atomic mass is 9.84. The number of nitrogens with two attached hydrogens (primary N) is 3. The number of hydrogen-bond acceptors (Lipinski definition) is 14. The van der Waals surface area contributed by atoms with Gasteiger partial charge in [-0.25, -0.2) is 0 Å². The normalized spacial score (nSPS) is 53.5. The predicted octanol–water partition coefficient (Wildman–Crippen LogP) is -5.61. The molecule has 3 rings (SSSR count). The third kappa shape index (κ3) is 5.40. The second-order valence-electron chi connectivity index (χ2n) is 9.82. The second-order valence-corrected chi connectivity index (χ2v) is 9.82. The molecule has 0 radical (unpaired) electrons. The summed E-state index contributed by atoms with van der Waals surface area (Å²) >= 11 is 0. The molecule has 34 heavy (non-hydrogen) atoms. The minimum atomic E-state index is -1.46. The van der Waals surface area contributed by atoms with E-state index in [0.717, 1.165) is 0 Å². The van der Waals surface area contributed by atoms with Crippen LogP contribution in [0.1, 0.15) is 20.3 Å². The van der Waals surface area contributed by atoms with E-state index in [-0.39, 0.29) is 13.0 Å². The summed E-state index contributed by atoms with van der Waals surface area (Å²) in [6, 6.07) is -3.47. The lowest BCUT2D eigenvalue weighted by Crippen LogP contribution is -2.69. The summed E-state index contributed by atoms with van der Waals surface area (Å²) in [5, 5.41) is 65.2. The minimum absolute atomic E-state index is 0.135. The molecule has 14 heteroatoms. The van der Waals surface area contributed by atoms with Crippen molar-refractivity contribution in [1.82, 2.24) is 5.32 Å². The van der Waals surface area contributed by atoms with Crippen molar-refractivity contribution in [2.45, 2.75) is 111 Å². The molecule has 15 atom stereocenters. The van der Waals surface area contributed by atoms with Gasteiger partial charge in [-0.1, -0.05) is 0 Å². The lowest BCUT2D eigenvalue weighted by Gasteiger charge is -2.49. The molecule has 2 aliphatic heterocycles. The van der Waals surface area contributed by atoms with Crippen molar-refractivity contribution in [2.24, 2.45) is 17.2 Å². The van der Waals surface area contributed by atoms with Gasteiger partial charge in [0.05, 0.1) is 24.8 Å². The van der Waals surface area contributed by atoms with Gasteiger partial charge in [0.2, 0.25) is 0 Å². The molecular formula is C20H40N4O10. The standard InChI is InChI=1S/C20H40N4O10/c1-6(25)14-11(27)10(26)9(23)18(32-14)33-15-7(21)4-8(22)16(12(15)28)34-19-13(29)17(24-3)20(2,30)5-31-19/h6-19,24-30H,4-5,21-23H2,1-3H3/t6?,7?,8?,9?,10?,11?,12?,13?,14?,15?,16?,17?,18?,19?,20-/m0/s1. The molecule has 2 heterocycles. The number of nitrogens with one attached hydrogen (secondary N) is 1. The molecule has 0 bridgehead atoms. The Balaban J connectivity index is 1.73. The third-order valence-corrected chi connectivity index (χ3v) is 6.95. The Morgan fingerprint density at radius 1 is 0.941 bits per heavy atom. The van der Waals surface area contributed by atoms with Crippen LogP contribution in [0.25, 0.3) is 0 Å². The summed E-state index contributed by atoms with van der Waals surface area (Å²) in [5.74, 6) is 0. The van der Waals surface area contributed by atoms with Gasteiger partial charge in [-0.05, 0) is 27.3 Å². The van der Waals surface area contributed by atoms with Crippen LogP contribution in [0.4, 0.5) is 0 Å².